The van der Waals surface area contributed by atoms with Crippen molar-refractivity contribution in [1.82, 2.24) is 19.9 Å². The van der Waals surface area contributed by atoms with Crippen molar-refractivity contribution in [3.63, 3.8) is 0 Å². The quantitative estimate of drug-likeness (QED) is 0.242. The van der Waals surface area contributed by atoms with Crippen LogP contribution in [0.4, 0.5) is 0 Å². The van der Waals surface area contributed by atoms with Crippen molar-refractivity contribution in [3.8, 4) is 0 Å². The zero-order valence-corrected chi connectivity index (χ0v) is 26.1. The van der Waals surface area contributed by atoms with Crippen LogP contribution in [0, 0.1) is 27.7 Å². The predicted molar refractivity (Wildman–Crippen MR) is 165 cm³/mol. The van der Waals surface area contributed by atoms with Gasteiger partial charge in [0.25, 0.3) is 0 Å². The summed E-state index contributed by atoms with van der Waals surface area (Å²) in [6.07, 6.45) is 11.7. The Balaban J connectivity index is 0.00000264. The van der Waals surface area contributed by atoms with Crippen molar-refractivity contribution in [1.29, 1.82) is 0 Å². The molecular formula is C34H33FeN4O5. The van der Waals surface area contributed by atoms with Gasteiger partial charge in [-0.05, 0) is 51.7 Å². The van der Waals surface area contributed by atoms with Gasteiger partial charge in [-0.1, -0.05) is 83.0 Å². The first-order valence-electron chi connectivity index (χ1n) is 13.8. The van der Waals surface area contributed by atoms with Gasteiger partial charge >= 0.3 is 29.0 Å². The first kappa shape index (κ1) is 34.0. The average Bonchev–Trinajstić information content (AvgIpc) is 3.59. The van der Waals surface area contributed by atoms with Gasteiger partial charge < -0.3 is 35.6 Å². The van der Waals surface area contributed by atoms with E-state index < -0.39 is 11.9 Å². The van der Waals surface area contributed by atoms with Crippen LogP contribution in [0.3, 0.4) is 0 Å². The first-order chi connectivity index (χ1) is 20.0. The molecule has 0 saturated carbocycles. The molecule has 0 aromatic carbocycles. The Bertz CT molecular complexity index is 2030. The van der Waals surface area contributed by atoms with E-state index in [0.717, 1.165) is 60.9 Å². The van der Waals surface area contributed by atoms with Crippen molar-refractivity contribution >= 4 is 48.4 Å². The summed E-state index contributed by atoms with van der Waals surface area (Å²) in [6.45, 7) is 15.9. The second-order valence-corrected chi connectivity index (χ2v) is 10.6. The maximum absolute atomic E-state index is 11.5. The second-order valence-electron chi connectivity index (χ2n) is 10.6. The van der Waals surface area contributed by atoms with Crippen LogP contribution in [0.5, 0.6) is 0 Å². The first-order valence-corrected chi connectivity index (χ1v) is 13.8. The van der Waals surface area contributed by atoms with Gasteiger partial charge in [-0.2, -0.15) is 0 Å². The molecule has 1 radical (unpaired) electrons. The minimum Gasteiger partial charge on any atom is -0.870 e. The van der Waals surface area contributed by atoms with Gasteiger partial charge in [0.1, 0.15) is 0 Å². The fourth-order valence-electron chi connectivity index (χ4n) is 5.61. The van der Waals surface area contributed by atoms with E-state index >= 15 is 0 Å². The molecule has 8 bridgehead atoms. The van der Waals surface area contributed by atoms with E-state index in [1.165, 1.54) is 0 Å². The smallest absolute Gasteiger partial charge is 0.870 e. The van der Waals surface area contributed by atoms with Crippen LogP contribution in [0.2, 0.25) is 0 Å². The van der Waals surface area contributed by atoms with Gasteiger partial charge in [0, 0.05) is 12.8 Å². The molecule has 1 aliphatic rings. The topological polar surface area (TPSA) is 161 Å². The van der Waals surface area contributed by atoms with Crippen LogP contribution < -0.4 is 41.3 Å². The molecule has 1 aliphatic heterocycles. The zero-order valence-electron chi connectivity index (χ0n) is 25.0. The van der Waals surface area contributed by atoms with Crippen molar-refractivity contribution in [3.05, 3.63) is 102 Å². The molecule has 0 saturated heterocycles. The standard InChI is InChI=1S/C34H32N4O4.Fe.H2O/c1-7-21-17(3)25-13-26-19(5)23(9-11-33(39)40)31(37-26)16-32-24(10-12-34(41)42)20(6)28(38-32)15-30-22(8-2)18(4)27(36-30)14-29(21)35-25;;/h7-8,13-16H,1-2,9-12H2,3-6H3,(H,39,40)(H,41,42);;1H2/q-4;+5;/p-1/b25-13-,26-13?,27-14?,28-15-,29-14-,30-15?,31-16?,32-16-;;. The molecule has 227 valence electrons. The molecule has 0 fully saturated rings. The number of carboxylic acids is 2. The van der Waals surface area contributed by atoms with Crippen molar-refractivity contribution < 1.29 is 42.3 Å². The van der Waals surface area contributed by atoms with Crippen LogP contribution >= 0.6 is 0 Å². The SMILES string of the molecule is C=Cc1c2[n-]c(c1C)/C=c1\[n-]/c(c(C)c1C=C)=C\c1[n-]c(c(CCC(=O)O)c1C)/C=c1\[n-]/c(c(C)c1CCC(=O)O)=C\2.[Fe+5].[OH-]. The maximum Gasteiger partial charge on any atom is 5.00 e. The number of fused-ring (bicyclic) bond motifs is 8. The summed E-state index contributed by atoms with van der Waals surface area (Å²) in [6, 6.07) is 0. The molecule has 0 unspecified atom stereocenters. The van der Waals surface area contributed by atoms with E-state index in [1.807, 2.05) is 52.0 Å². The van der Waals surface area contributed by atoms with E-state index in [1.54, 1.807) is 12.2 Å². The van der Waals surface area contributed by atoms with Gasteiger partial charge in [0.2, 0.25) is 0 Å². The van der Waals surface area contributed by atoms with Crippen molar-refractivity contribution in [2.75, 3.05) is 0 Å². The number of carbonyl (C=O) groups is 2. The summed E-state index contributed by atoms with van der Waals surface area (Å²) in [5.74, 6) is -1.80. The average molecular weight is 634 g/mol. The van der Waals surface area contributed by atoms with Gasteiger partial charge in [-0.3, -0.25) is 9.59 Å². The summed E-state index contributed by atoms with van der Waals surface area (Å²) < 4.78 is 0. The number of carboxylic acid groups (broad SMARTS) is 2. The minimum atomic E-state index is -0.898. The number of aliphatic carboxylic acids is 2. The van der Waals surface area contributed by atoms with Gasteiger partial charge in [-0.15, -0.1) is 44.2 Å². The van der Waals surface area contributed by atoms with Crippen LogP contribution in [0.15, 0.2) is 13.2 Å². The molecule has 0 atom stereocenters. The minimum absolute atomic E-state index is 0. The number of hydrogen-bond acceptors (Lipinski definition) is 3. The third kappa shape index (κ3) is 6.24. The molecule has 44 heavy (non-hydrogen) atoms. The largest absolute Gasteiger partial charge is 5.00 e. The Labute approximate surface area is 265 Å². The molecule has 4 aromatic rings. The number of hydrogen-bond donors (Lipinski definition) is 2. The number of aromatic nitrogens is 4. The Morgan fingerprint density at radius 1 is 0.614 bits per heavy atom. The van der Waals surface area contributed by atoms with E-state index in [-0.39, 0.29) is 35.4 Å². The Morgan fingerprint density at radius 3 is 1.70 bits per heavy atom. The van der Waals surface area contributed by atoms with Gasteiger partial charge in [0.15, 0.2) is 0 Å². The van der Waals surface area contributed by atoms with Gasteiger partial charge in [0.05, 0.1) is 0 Å². The van der Waals surface area contributed by atoms with E-state index in [0.29, 0.717) is 40.6 Å². The third-order valence-corrected chi connectivity index (χ3v) is 8.06. The molecule has 4 aromatic heterocycles. The molecule has 3 N–H and O–H groups in total. The summed E-state index contributed by atoms with van der Waals surface area (Å²) in [7, 11) is 0. The van der Waals surface area contributed by atoms with Crippen LogP contribution in [0.25, 0.3) is 36.5 Å². The molecule has 9 nitrogen and oxygen atoms in total. The van der Waals surface area contributed by atoms with Crippen molar-refractivity contribution in [2.24, 2.45) is 0 Å². The summed E-state index contributed by atoms with van der Waals surface area (Å²) in [5.41, 5.74) is 9.84. The van der Waals surface area contributed by atoms with Crippen LogP contribution in [0.1, 0.15) is 80.1 Å². The van der Waals surface area contributed by atoms with Crippen molar-refractivity contribution in [2.45, 2.75) is 53.4 Å². The van der Waals surface area contributed by atoms with E-state index in [4.69, 9.17) is 19.9 Å². The molecule has 10 heteroatoms. The van der Waals surface area contributed by atoms with E-state index in [9.17, 15) is 19.8 Å². The molecule has 0 aliphatic carbocycles. The maximum atomic E-state index is 11.5. The molecule has 5 heterocycles. The second kappa shape index (κ2) is 13.4. The van der Waals surface area contributed by atoms with Crippen LogP contribution in [-0.2, 0) is 39.5 Å². The Kier molecular flexibility index (Phi) is 10.4. The fourth-order valence-corrected chi connectivity index (χ4v) is 5.61. The molecular weight excluding hydrogens is 600 g/mol. The Hall–Kier alpha value is -4.50. The molecule has 0 spiro atoms. The summed E-state index contributed by atoms with van der Waals surface area (Å²) in [4.78, 5) is 42.7. The number of rotatable bonds is 8. The number of nitrogens with zero attached hydrogens (tertiary/aromatic N) is 4. The summed E-state index contributed by atoms with van der Waals surface area (Å²) >= 11 is 0. The monoisotopic (exact) mass is 633 g/mol. The third-order valence-electron chi connectivity index (χ3n) is 8.06. The normalized spacial score (nSPS) is 14.6. The zero-order chi connectivity index (χ0) is 30.3. The van der Waals surface area contributed by atoms with E-state index in [2.05, 4.69) is 13.2 Å². The summed E-state index contributed by atoms with van der Waals surface area (Å²) in [5, 5.41) is 21.7. The predicted octanol–water partition coefficient (Wildman–Crippen LogP) is 1.52. The van der Waals surface area contributed by atoms with Crippen LogP contribution in [-0.4, -0.2) is 27.6 Å². The fraction of sp³-hybridized carbons (Fsp3) is 0.235. The molecule has 0 amide bonds. The molecule has 5 rings (SSSR count). The Morgan fingerprint density at radius 2 is 1.09 bits per heavy atom. The van der Waals surface area contributed by atoms with Gasteiger partial charge in [-0.25, -0.2) is 0 Å².